The Hall–Kier alpha value is -3.60. The molecule has 2 aromatic carbocycles. The van der Waals surface area contributed by atoms with Crippen LogP contribution in [0.4, 0.5) is 0 Å². The molecule has 4 rings (SSSR count). The van der Waals surface area contributed by atoms with Crippen LogP contribution in [0.15, 0.2) is 67.3 Å². The van der Waals surface area contributed by atoms with Gasteiger partial charge >= 0.3 is 0 Å². The highest BCUT2D eigenvalue weighted by Gasteiger charge is 2.37. The summed E-state index contributed by atoms with van der Waals surface area (Å²) in [5.41, 5.74) is -0.261. The van der Waals surface area contributed by atoms with Crippen molar-refractivity contribution in [3.05, 3.63) is 72.8 Å². The molecule has 38 heavy (non-hydrogen) atoms. The average molecular weight is 525 g/mol. The van der Waals surface area contributed by atoms with Crippen molar-refractivity contribution in [1.29, 1.82) is 0 Å². The zero-order valence-electron chi connectivity index (χ0n) is 22.0. The fourth-order valence-electron chi connectivity index (χ4n) is 4.50. The molecule has 1 N–H and O–H groups in total. The second-order valence-electron chi connectivity index (χ2n) is 9.42. The summed E-state index contributed by atoms with van der Waals surface area (Å²) in [5, 5.41) is 11.6. The van der Waals surface area contributed by atoms with Crippen LogP contribution in [0.3, 0.4) is 0 Å². The minimum absolute atomic E-state index is 0.0326. The lowest BCUT2D eigenvalue weighted by Crippen LogP contribution is -2.52. The summed E-state index contributed by atoms with van der Waals surface area (Å²) in [6.07, 6.45) is 5.38. The summed E-state index contributed by atoms with van der Waals surface area (Å²) < 4.78 is 24.5. The number of hydrogen-bond acceptors (Lipinski definition) is 8. The smallest absolute Gasteiger partial charge is 0.248 e. The third-order valence-electron chi connectivity index (χ3n) is 6.36. The van der Waals surface area contributed by atoms with Gasteiger partial charge in [0.1, 0.15) is 31.2 Å². The van der Waals surface area contributed by atoms with Crippen LogP contribution < -0.4 is 14.2 Å². The lowest BCUT2D eigenvalue weighted by atomic mass is 10.0. The maximum absolute atomic E-state index is 12.7. The summed E-state index contributed by atoms with van der Waals surface area (Å²) in [4.78, 5) is 20.5. The highest BCUT2D eigenvalue weighted by Crippen LogP contribution is 2.29. The maximum atomic E-state index is 12.7. The van der Waals surface area contributed by atoms with E-state index in [-0.39, 0.29) is 25.7 Å². The van der Waals surface area contributed by atoms with Gasteiger partial charge in [-0.05, 0) is 29.8 Å². The first-order chi connectivity index (χ1) is 18.5. The summed E-state index contributed by atoms with van der Waals surface area (Å²) in [6.45, 7) is 3.31. The summed E-state index contributed by atoms with van der Waals surface area (Å²) in [7, 11) is 3.11. The first-order valence-corrected chi connectivity index (χ1v) is 12.6. The minimum Gasteiger partial charge on any atom is -0.493 e. The van der Waals surface area contributed by atoms with Crippen molar-refractivity contribution in [1.82, 2.24) is 19.4 Å². The number of amides is 1. The van der Waals surface area contributed by atoms with Gasteiger partial charge in [0.25, 0.3) is 0 Å². The van der Waals surface area contributed by atoms with Gasteiger partial charge in [0.05, 0.1) is 26.5 Å². The van der Waals surface area contributed by atoms with Gasteiger partial charge in [0, 0.05) is 45.7 Å². The molecule has 10 nitrogen and oxygen atoms in total. The fourth-order valence-corrected chi connectivity index (χ4v) is 4.50. The number of carbonyl (C=O) groups is 1. The Bertz CT molecular complexity index is 1140. The number of hydrogen-bond donors (Lipinski definition) is 1. The number of para-hydroxylation sites is 1. The van der Waals surface area contributed by atoms with E-state index in [0.717, 1.165) is 5.56 Å². The highest BCUT2D eigenvalue weighted by atomic mass is 16.5. The van der Waals surface area contributed by atoms with Gasteiger partial charge in [-0.15, -0.1) is 0 Å². The lowest BCUT2D eigenvalue weighted by Gasteiger charge is -2.33. The van der Waals surface area contributed by atoms with Crippen LogP contribution in [-0.4, -0.2) is 96.2 Å². The molecule has 0 aliphatic carbocycles. The summed E-state index contributed by atoms with van der Waals surface area (Å²) >= 11 is 0. The lowest BCUT2D eigenvalue weighted by molar-refractivity contribution is -0.138. The van der Waals surface area contributed by atoms with Crippen molar-refractivity contribution in [2.75, 3.05) is 60.2 Å². The molecular weight excluding hydrogens is 488 g/mol. The number of aromatic nitrogens is 2. The fraction of sp³-hybridized carbons (Fsp3) is 0.429. The molecule has 204 valence electrons. The molecule has 2 heterocycles. The zero-order chi connectivity index (χ0) is 26.8. The van der Waals surface area contributed by atoms with E-state index in [2.05, 4.69) is 9.88 Å². The average Bonchev–Trinajstić information content (AvgIpc) is 3.38. The molecule has 1 aromatic heterocycles. The van der Waals surface area contributed by atoms with Crippen LogP contribution in [0.1, 0.15) is 5.56 Å². The van der Waals surface area contributed by atoms with Crippen LogP contribution in [0.2, 0.25) is 0 Å². The van der Waals surface area contributed by atoms with Crippen molar-refractivity contribution in [3.8, 4) is 17.2 Å². The van der Waals surface area contributed by atoms with Gasteiger partial charge in [-0.1, -0.05) is 24.3 Å². The third-order valence-corrected chi connectivity index (χ3v) is 6.36. The van der Waals surface area contributed by atoms with Gasteiger partial charge in [-0.25, -0.2) is 4.98 Å². The molecule has 10 heteroatoms. The van der Waals surface area contributed by atoms with Gasteiger partial charge in [-0.3, -0.25) is 9.69 Å². The number of benzene rings is 2. The summed E-state index contributed by atoms with van der Waals surface area (Å²) in [6, 6.07) is 15.2. The van der Waals surface area contributed by atoms with Crippen LogP contribution in [0, 0.1) is 0 Å². The Kier molecular flexibility index (Phi) is 9.58. The first-order valence-electron chi connectivity index (χ1n) is 12.6. The molecule has 0 spiro atoms. The zero-order valence-corrected chi connectivity index (χ0v) is 22.0. The van der Waals surface area contributed by atoms with Gasteiger partial charge in [-0.2, -0.15) is 0 Å². The predicted molar refractivity (Wildman–Crippen MR) is 141 cm³/mol. The topological polar surface area (TPSA) is 98.5 Å². The molecule has 1 atom stereocenters. The highest BCUT2D eigenvalue weighted by molar-refractivity contribution is 5.77. The molecule has 1 aliphatic rings. The second-order valence-corrected chi connectivity index (χ2v) is 9.42. The number of imidazole rings is 1. The number of rotatable bonds is 12. The van der Waals surface area contributed by atoms with E-state index >= 15 is 0 Å². The molecule has 1 aliphatic heterocycles. The van der Waals surface area contributed by atoms with Crippen LogP contribution >= 0.6 is 0 Å². The van der Waals surface area contributed by atoms with E-state index in [1.54, 1.807) is 24.5 Å². The summed E-state index contributed by atoms with van der Waals surface area (Å²) in [5.74, 6) is 1.81. The molecule has 0 unspecified atom stereocenters. The van der Waals surface area contributed by atoms with E-state index in [1.807, 2.05) is 59.3 Å². The largest absolute Gasteiger partial charge is 0.493 e. The molecule has 0 radical (unpaired) electrons. The number of β-amino-alcohol motifs (C(OH)–C–C–N with tert-alkyl or cyclic N) is 1. The van der Waals surface area contributed by atoms with Crippen molar-refractivity contribution in [3.63, 3.8) is 0 Å². The van der Waals surface area contributed by atoms with E-state index in [9.17, 15) is 9.90 Å². The Balaban J connectivity index is 1.43. The second kappa shape index (κ2) is 13.3. The molecule has 0 bridgehead atoms. The number of aliphatic hydroxyl groups is 1. The van der Waals surface area contributed by atoms with Crippen molar-refractivity contribution in [2.45, 2.75) is 18.7 Å². The quantitative estimate of drug-likeness (QED) is 0.385. The van der Waals surface area contributed by atoms with E-state index < -0.39 is 5.60 Å². The Morgan fingerprint density at radius 2 is 1.89 bits per heavy atom. The normalized spacial score (nSPS) is 18.1. The maximum Gasteiger partial charge on any atom is 0.248 e. The standard InChI is InChI=1S/C28H36N4O6/c1-35-18-27(33)32-13-12-31(19-28(34,20-32)21-38-24-6-4-3-5-7-24)17-23-8-9-25(26(16-23)36-2)37-15-14-30-11-10-29-22-30/h3-11,16,22,34H,12-15,17-21H2,1-2H3/t28-/m1/s1. The monoisotopic (exact) mass is 524 g/mol. The van der Waals surface area contributed by atoms with Crippen molar-refractivity contribution < 1.29 is 28.8 Å². The molecule has 1 fully saturated rings. The molecular formula is C28H36N4O6. The van der Waals surface area contributed by atoms with Crippen LogP contribution in [0.5, 0.6) is 17.2 Å². The molecule has 1 saturated heterocycles. The Labute approximate surface area is 223 Å². The molecule has 0 saturated carbocycles. The van der Waals surface area contributed by atoms with Gasteiger partial charge in [0.2, 0.25) is 5.91 Å². The number of nitrogens with zero attached hydrogens (tertiary/aromatic N) is 4. The van der Waals surface area contributed by atoms with E-state index in [4.69, 9.17) is 18.9 Å². The number of methoxy groups -OCH3 is 2. The van der Waals surface area contributed by atoms with Crippen LogP contribution in [0.25, 0.3) is 0 Å². The number of ether oxygens (including phenoxy) is 4. The SMILES string of the molecule is COCC(=O)N1CCN(Cc2ccc(OCCn3ccnc3)c(OC)c2)C[C@](O)(COc2ccccc2)C1. The van der Waals surface area contributed by atoms with Gasteiger partial charge < -0.3 is 33.5 Å². The molecule has 3 aromatic rings. The Morgan fingerprint density at radius 1 is 1.05 bits per heavy atom. The molecule has 1 amide bonds. The van der Waals surface area contributed by atoms with Gasteiger partial charge in [0.15, 0.2) is 11.5 Å². The van der Waals surface area contributed by atoms with Crippen molar-refractivity contribution >= 4 is 5.91 Å². The number of carbonyl (C=O) groups excluding carboxylic acids is 1. The van der Waals surface area contributed by atoms with Crippen molar-refractivity contribution in [2.24, 2.45) is 0 Å². The predicted octanol–water partition coefficient (Wildman–Crippen LogP) is 2.07. The van der Waals surface area contributed by atoms with E-state index in [1.165, 1.54) is 7.11 Å². The third kappa shape index (κ3) is 7.70. The van der Waals surface area contributed by atoms with E-state index in [0.29, 0.717) is 56.6 Å². The minimum atomic E-state index is -1.27. The van der Waals surface area contributed by atoms with Crippen LogP contribution in [-0.2, 0) is 22.6 Å². The first kappa shape index (κ1) is 27.4. The Morgan fingerprint density at radius 3 is 2.63 bits per heavy atom.